The molecule has 0 saturated heterocycles. The van der Waals surface area contributed by atoms with E-state index in [4.69, 9.17) is 0 Å². The standard InChI is InChI=1S/C36H29N/c1-25-18-19-28-21-20-27-11-7-8-15-33(27)35(28)36-32(25)16-9-17-34(36)37(30-13-3-2-4-14-30)31-23-22-26-10-5-6-12-29(26)24-31/h2-17,20-25H,18-19H2,1H3. The van der Waals surface area contributed by atoms with Crippen molar-refractivity contribution in [2.24, 2.45) is 0 Å². The molecule has 6 aromatic carbocycles. The summed E-state index contributed by atoms with van der Waals surface area (Å²) in [7, 11) is 0. The Kier molecular flexibility index (Phi) is 5.29. The molecular formula is C36H29N. The number of rotatable bonds is 3. The van der Waals surface area contributed by atoms with Gasteiger partial charge in [-0.1, -0.05) is 104 Å². The smallest absolute Gasteiger partial charge is 0.0543 e. The van der Waals surface area contributed by atoms with Crippen molar-refractivity contribution in [1.29, 1.82) is 0 Å². The first-order valence-corrected chi connectivity index (χ1v) is 13.3. The first-order chi connectivity index (χ1) is 18.3. The second-order valence-electron chi connectivity index (χ2n) is 10.2. The lowest BCUT2D eigenvalue weighted by Crippen LogP contribution is -2.12. The number of anilines is 3. The quantitative estimate of drug-likeness (QED) is 0.246. The van der Waals surface area contributed by atoms with Gasteiger partial charge in [-0.25, -0.2) is 0 Å². The summed E-state index contributed by atoms with van der Waals surface area (Å²) in [5.41, 5.74) is 9.25. The predicted molar refractivity (Wildman–Crippen MR) is 158 cm³/mol. The van der Waals surface area contributed by atoms with Crippen LogP contribution in [0.2, 0.25) is 0 Å². The maximum Gasteiger partial charge on any atom is 0.0543 e. The Balaban J connectivity index is 1.57. The van der Waals surface area contributed by atoms with E-state index < -0.39 is 0 Å². The molecule has 1 aliphatic rings. The van der Waals surface area contributed by atoms with Crippen LogP contribution in [-0.4, -0.2) is 0 Å². The highest BCUT2D eigenvalue weighted by Crippen LogP contribution is 2.49. The Hall–Kier alpha value is -4.36. The summed E-state index contributed by atoms with van der Waals surface area (Å²) >= 11 is 0. The van der Waals surface area contributed by atoms with E-state index in [1.807, 2.05) is 0 Å². The molecule has 1 nitrogen and oxygen atoms in total. The first-order valence-electron chi connectivity index (χ1n) is 13.3. The molecule has 0 amide bonds. The predicted octanol–water partition coefficient (Wildman–Crippen LogP) is 10.2. The van der Waals surface area contributed by atoms with Crippen molar-refractivity contribution in [1.82, 2.24) is 0 Å². The van der Waals surface area contributed by atoms with Crippen molar-refractivity contribution in [3.05, 3.63) is 139 Å². The van der Waals surface area contributed by atoms with Crippen LogP contribution in [0.5, 0.6) is 0 Å². The molecule has 0 saturated carbocycles. The topological polar surface area (TPSA) is 3.24 Å². The fourth-order valence-corrected chi connectivity index (χ4v) is 6.09. The highest BCUT2D eigenvalue weighted by Gasteiger charge is 2.27. The summed E-state index contributed by atoms with van der Waals surface area (Å²) < 4.78 is 0. The second kappa shape index (κ2) is 8.94. The van der Waals surface area contributed by atoms with Crippen LogP contribution in [0.15, 0.2) is 127 Å². The Morgan fingerprint density at radius 2 is 1.30 bits per heavy atom. The molecule has 0 bridgehead atoms. The number of aryl methyl sites for hydroxylation is 1. The number of para-hydroxylation sites is 1. The third kappa shape index (κ3) is 3.70. The van der Waals surface area contributed by atoms with Gasteiger partial charge >= 0.3 is 0 Å². The molecule has 1 heteroatoms. The van der Waals surface area contributed by atoms with Crippen molar-refractivity contribution in [3.8, 4) is 11.1 Å². The molecule has 0 radical (unpaired) electrons. The fraction of sp³-hybridized carbons (Fsp3) is 0.111. The third-order valence-corrected chi connectivity index (χ3v) is 7.96. The first kappa shape index (κ1) is 21.9. The van der Waals surface area contributed by atoms with Gasteiger partial charge < -0.3 is 4.90 Å². The van der Waals surface area contributed by atoms with Gasteiger partial charge in [0.1, 0.15) is 0 Å². The van der Waals surface area contributed by atoms with Crippen LogP contribution in [0.25, 0.3) is 32.7 Å². The number of nitrogens with zero attached hydrogens (tertiary/aromatic N) is 1. The van der Waals surface area contributed by atoms with Gasteiger partial charge in [0.05, 0.1) is 5.69 Å². The maximum absolute atomic E-state index is 2.45. The van der Waals surface area contributed by atoms with E-state index in [1.54, 1.807) is 0 Å². The summed E-state index contributed by atoms with van der Waals surface area (Å²) in [6, 6.07) is 46.7. The summed E-state index contributed by atoms with van der Waals surface area (Å²) in [6.07, 6.45) is 2.25. The van der Waals surface area contributed by atoms with E-state index >= 15 is 0 Å². The van der Waals surface area contributed by atoms with Crippen LogP contribution in [0.1, 0.15) is 30.4 Å². The third-order valence-electron chi connectivity index (χ3n) is 7.96. The monoisotopic (exact) mass is 475 g/mol. The number of hydrogen-bond acceptors (Lipinski definition) is 1. The van der Waals surface area contributed by atoms with Crippen molar-refractivity contribution >= 4 is 38.6 Å². The Morgan fingerprint density at radius 1 is 0.568 bits per heavy atom. The molecule has 1 unspecified atom stereocenters. The number of benzene rings is 6. The van der Waals surface area contributed by atoms with E-state index in [-0.39, 0.29) is 0 Å². The van der Waals surface area contributed by atoms with Gasteiger partial charge in [-0.15, -0.1) is 0 Å². The zero-order valence-corrected chi connectivity index (χ0v) is 21.1. The lowest BCUT2D eigenvalue weighted by atomic mass is 9.88. The summed E-state index contributed by atoms with van der Waals surface area (Å²) in [5.74, 6) is 0.482. The van der Waals surface area contributed by atoms with Crippen LogP contribution in [0.3, 0.4) is 0 Å². The van der Waals surface area contributed by atoms with Gasteiger partial charge in [0, 0.05) is 16.9 Å². The Bertz CT molecular complexity index is 1750. The van der Waals surface area contributed by atoms with Crippen molar-refractivity contribution in [2.75, 3.05) is 4.90 Å². The highest BCUT2D eigenvalue weighted by molar-refractivity contribution is 6.04. The molecule has 1 aliphatic carbocycles. The molecule has 0 heterocycles. The van der Waals surface area contributed by atoms with Gasteiger partial charge in [-0.3, -0.25) is 0 Å². The fourth-order valence-electron chi connectivity index (χ4n) is 6.09. The summed E-state index contributed by atoms with van der Waals surface area (Å²) in [4.78, 5) is 2.45. The normalized spacial score (nSPS) is 14.7. The minimum absolute atomic E-state index is 0.482. The summed E-state index contributed by atoms with van der Waals surface area (Å²) in [5, 5.41) is 5.15. The van der Waals surface area contributed by atoms with Gasteiger partial charge in [-0.2, -0.15) is 0 Å². The van der Waals surface area contributed by atoms with Crippen LogP contribution in [-0.2, 0) is 6.42 Å². The lowest BCUT2D eigenvalue weighted by Gasteiger charge is -2.30. The Morgan fingerprint density at radius 3 is 2.16 bits per heavy atom. The zero-order valence-electron chi connectivity index (χ0n) is 21.1. The molecule has 37 heavy (non-hydrogen) atoms. The van der Waals surface area contributed by atoms with E-state index in [0.717, 1.165) is 12.8 Å². The van der Waals surface area contributed by atoms with E-state index in [0.29, 0.717) is 5.92 Å². The molecule has 0 aliphatic heterocycles. The van der Waals surface area contributed by atoms with Gasteiger partial charge in [-0.05, 0) is 87.3 Å². The molecular weight excluding hydrogens is 446 g/mol. The molecule has 178 valence electrons. The van der Waals surface area contributed by atoms with Crippen molar-refractivity contribution in [3.63, 3.8) is 0 Å². The van der Waals surface area contributed by atoms with Gasteiger partial charge in [0.15, 0.2) is 0 Å². The van der Waals surface area contributed by atoms with E-state index in [9.17, 15) is 0 Å². The maximum atomic E-state index is 2.45. The van der Waals surface area contributed by atoms with Crippen LogP contribution < -0.4 is 4.90 Å². The molecule has 0 N–H and O–H groups in total. The molecule has 0 fully saturated rings. The van der Waals surface area contributed by atoms with Crippen LogP contribution in [0.4, 0.5) is 17.1 Å². The summed E-state index contributed by atoms with van der Waals surface area (Å²) in [6.45, 7) is 2.39. The average molecular weight is 476 g/mol. The zero-order chi connectivity index (χ0) is 24.8. The van der Waals surface area contributed by atoms with Gasteiger partial charge in [0.25, 0.3) is 0 Å². The molecule has 1 atom stereocenters. The van der Waals surface area contributed by atoms with E-state index in [2.05, 4.69) is 139 Å². The van der Waals surface area contributed by atoms with Crippen molar-refractivity contribution in [2.45, 2.75) is 25.7 Å². The van der Waals surface area contributed by atoms with Gasteiger partial charge in [0.2, 0.25) is 0 Å². The number of fused-ring (bicyclic) bond motifs is 6. The largest absolute Gasteiger partial charge is 0.310 e. The van der Waals surface area contributed by atoms with Crippen LogP contribution >= 0.6 is 0 Å². The minimum atomic E-state index is 0.482. The Labute approximate surface area is 218 Å². The molecule has 7 rings (SSSR count). The highest BCUT2D eigenvalue weighted by atomic mass is 15.1. The molecule has 6 aromatic rings. The lowest BCUT2D eigenvalue weighted by molar-refractivity contribution is 0.689. The second-order valence-corrected chi connectivity index (χ2v) is 10.2. The van der Waals surface area contributed by atoms with E-state index in [1.165, 1.54) is 60.9 Å². The molecule has 0 spiro atoms. The average Bonchev–Trinajstić information content (AvgIpc) is 3.11. The van der Waals surface area contributed by atoms with Crippen LogP contribution in [0, 0.1) is 0 Å². The van der Waals surface area contributed by atoms with Crippen molar-refractivity contribution < 1.29 is 0 Å². The number of hydrogen-bond donors (Lipinski definition) is 0. The SMILES string of the molecule is CC1CCc2ccc3ccccc3c2-c2c1cccc2N(c1ccccc1)c1ccc2ccccc2c1. The molecule has 0 aromatic heterocycles. The minimum Gasteiger partial charge on any atom is -0.310 e.